The van der Waals surface area contributed by atoms with Gasteiger partial charge in [-0.05, 0) is 12.5 Å². The predicted molar refractivity (Wildman–Crippen MR) is 110 cm³/mol. The molecule has 1 heterocycles. The highest BCUT2D eigenvalue weighted by atomic mass is 32.1. The Hall–Kier alpha value is -1.92. The minimum atomic E-state index is 0.0136. The van der Waals surface area contributed by atoms with Gasteiger partial charge in [0.15, 0.2) is 5.96 Å². The standard InChI is InChI=1S/C20H30N4OS/c1-15(25-6)18-23-17(13-26-18)12-24(5)19(21-4)22-14-20(2,3)16-10-8-7-9-11-16/h7-11,13,15H,12,14H2,1-6H3,(H,21,22). The Balaban J connectivity index is 1.96. The van der Waals surface area contributed by atoms with E-state index in [0.29, 0.717) is 6.54 Å². The van der Waals surface area contributed by atoms with Crippen LogP contribution in [-0.2, 0) is 16.7 Å². The quantitative estimate of drug-likeness (QED) is 0.591. The van der Waals surface area contributed by atoms with Crippen molar-refractivity contribution in [2.24, 2.45) is 4.99 Å². The molecule has 1 unspecified atom stereocenters. The van der Waals surface area contributed by atoms with Crippen molar-refractivity contribution in [3.8, 4) is 0 Å². The van der Waals surface area contributed by atoms with Gasteiger partial charge < -0.3 is 15.0 Å². The van der Waals surface area contributed by atoms with Crippen molar-refractivity contribution < 1.29 is 4.74 Å². The topological polar surface area (TPSA) is 49.8 Å². The first kappa shape index (κ1) is 20.4. The second-order valence-electron chi connectivity index (χ2n) is 7.06. The monoisotopic (exact) mass is 374 g/mol. The maximum atomic E-state index is 5.34. The third-order valence-corrected chi connectivity index (χ3v) is 5.54. The Bertz CT molecular complexity index is 712. The third-order valence-electron chi connectivity index (χ3n) is 4.49. The number of aliphatic imine (C=N–C) groups is 1. The number of aromatic nitrogens is 1. The van der Waals surface area contributed by atoms with Gasteiger partial charge >= 0.3 is 0 Å². The molecule has 0 aliphatic rings. The molecular weight excluding hydrogens is 344 g/mol. The van der Waals surface area contributed by atoms with Crippen molar-refractivity contribution in [2.45, 2.75) is 38.8 Å². The van der Waals surface area contributed by atoms with Crippen molar-refractivity contribution in [3.63, 3.8) is 0 Å². The molecule has 1 atom stereocenters. The molecule has 2 aromatic rings. The summed E-state index contributed by atoms with van der Waals surface area (Å²) in [5, 5.41) is 6.59. The number of nitrogens with one attached hydrogen (secondary N) is 1. The summed E-state index contributed by atoms with van der Waals surface area (Å²) < 4.78 is 5.34. The van der Waals surface area contributed by atoms with E-state index in [9.17, 15) is 0 Å². The van der Waals surface area contributed by atoms with Crippen molar-refractivity contribution in [1.29, 1.82) is 0 Å². The molecule has 0 aliphatic heterocycles. The molecule has 0 spiro atoms. The maximum Gasteiger partial charge on any atom is 0.193 e. The second-order valence-corrected chi connectivity index (χ2v) is 7.95. The lowest BCUT2D eigenvalue weighted by Gasteiger charge is -2.29. The van der Waals surface area contributed by atoms with Gasteiger partial charge in [0.2, 0.25) is 0 Å². The molecular formula is C20H30N4OS. The minimum absolute atomic E-state index is 0.0136. The number of hydrogen-bond donors (Lipinski definition) is 1. The lowest BCUT2D eigenvalue weighted by Crippen LogP contribution is -2.44. The number of hydrogen-bond acceptors (Lipinski definition) is 4. The van der Waals surface area contributed by atoms with Crippen LogP contribution >= 0.6 is 11.3 Å². The summed E-state index contributed by atoms with van der Waals surface area (Å²) in [6.07, 6.45) is 0.0307. The largest absolute Gasteiger partial charge is 0.375 e. The minimum Gasteiger partial charge on any atom is -0.375 e. The summed E-state index contributed by atoms with van der Waals surface area (Å²) in [7, 11) is 5.55. The summed E-state index contributed by atoms with van der Waals surface area (Å²) in [4.78, 5) is 11.2. The van der Waals surface area contributed by atoms with Gasteiger partial charge in [0.1, 0.15) is 11.1 Å². The highest BCUT2D eigenvalue weighted by Gasteiger charge is 2.21. The molecule has 0 aliphatic carbocycles. The number of thiazole rings is 1. The molecule has 0 amide bonds. The van der Waals surface area contributed by atoms with E-state index in [2.05, 4.69) is 63.7 Å². The first-order valence-electron chi connectivity index (χ1n) is 8.81. The zero-order valence-corrected chi connectivity index (χ0v) is 17.4. The molecule has 1 N–H and O–H groups in total. The number of ether oxygens (including phenoxy) is 1. The average molecular weight is 375 g/mol. The molecule has 0 fully saturated rings. The van der Waals surface area contributed by atoms with E-state index in [0.717, 1.165) is 23.2 Å². The fraction of sp³-hybridized carbons (Fsp3) is 0.500. The maximum absolute atomic E-state index is 5.34. The second kappa shape index (κ2) is 9.14. The van der Waals surface area contributed by atoms with E-state index in [1.165, 1.54) is 5.56 Å². The highest BCUT2D eigenvalue weighted by molar-refractivity contribution is 7.09. The van der Waals surface area contributed by atoms with Crippen LogP contribution in [0.4, 0.5) is 0 Å². The van der Waals surface area contributed by atoms with Crippen molar-refractivity contribution in [1.82, 2.24) is 15.2 Å². The van der Waals surface area contributed by atoms with Crippen molar-refractivity contribution >= 4 is 17.3 Å². The molecule has 0 radical (unpaired) electrons. The Morgan fingerprint density at radius 1 is 1.35 bits per heavy atom. The number of nitrogens with zero attached hydrogens (tertiary/aromatic N) is 3. The summed E-state index contributed by atoms with van der Waals surface area (Å²) >= 11 is 1.64. The van der Waals surface area contributed by atoms with Gasteiger partial charge in [0.05, 0.1) is 12.2 Å². The van der Waals surface area contributed by atoms with Crippen LogP contribution in [-0.4, -0.2) is 43.6 Å². The van der Waals surface area contributed by atoms with Gasteiger partial charge in [-0.15, -0.1) is 11.3 Å². The van der Waals surface area contributed by atoms with Crippen LogP contribution < -0.4 is 5.32 Å². The Labute approximate surface area is 161 Å². The number of benzene rings is 1. The molecule has 5 nitrogen and oxygen atoms in total. The fourth-order valence-electron chi connectivity index (χ4n) is 2.68. The zero-order chi connectivity index (χ0) is 19.2. The van der Waals surface area contributed by atoms with E-state index in [1.807, 2.05) is 27.1 Å². The molecule has 0 bridgehead atoms. The van der Waals surface area contributed by atoms with Crippen molar-refractivity contribution in [3.05, 3.63) is 52.0 Å². The number of guanidine groups is 1. The molecule has 1 aromatic heterocycles. The van der Waals surface area contributed by atoms with Crippen LogP contribution in [0.15, 0.2) is 40.7 Å². The third kappa shape index (κ3) is 5.29. The molecule has 6 heteroatoms. The molecule has 26 heavy (non-hydrogen) atoms. The van der Waals surface area contributed by atoms with Crippen molar-refractivity contribution in [2.75, 3.05) is 27.7 Å². The van der Waals surface area contributed by atoms with Crippen LogP contribution in [0.1, 0.15) is 43.1 Å². The highest BCUT2D eigenvalue weighted by Crippen LogP contribution is 2.22. The Kier molecular flexibility index (Phi) is 7.17. The Morgan fingerprint density at radius 3 is 2.65 bits per heavy atom. The fourth-order valence-corrected chi connectivity index (χ4v) is 3.52. The summed E-state index contributed by atoms with van der Waals surface area (Å²) in [5.74, 6) is 0.864. The van der Waals surface area contributed by atoms with Gasteiger partial charge in [-0.2, -0.15) is 0 Å². The van der Waals surface area contributed by atoms with Crippen LogP contribution in [0.5, 0.6) is 0 Å². The van der Waals surface area contributed by atoms with Gasteiger partial charge in [0.25, 0.3) is 0 Å². The van der Waals surface area contributed by atoms with Crippen LogP contribution in [0.2, 0.25) is 0 Å². The summed E-state index contributed by atoms with van der Waals surface area (Å²) in [5.41, 5.74) is 2.35. The Morgan fingerprint density at radius 2 is 2.04 bits per heavy atom. The summed E-state index contributed by atoms with van der Waals surface area (Å²) in [6.45, 7) is 8.00. The van der Waals surface area contributed by atoms with Crippen LogP contribution in [0.25, 0.3) is 0 Å². The lowest BCUT2D eigenvalue weighted by molar-refractivity contribution is 0.119. The van der Waals surface area contributed by atoms with E-state index in [4.69, 9.17) is 4.74 Å². The SMILES string of the molecule is CN=C(NCC(C)(C)c1ccccc1)N(C)Cc1csc(C(C)OC)n1. The normalized spacial score (nSPS) is 13.5. The van der Waals surface area contributed by atoms with E-state index >= 15 is 0 Å². The van der Waals surface area contributed by atoms with Crippen LogP contribution in [0.3, 0.4) is 0 Å². The van der Waals surface area contributed by atoms with Gasteiger partial charge in [0, 0.05) is 38.5 Å². The summed E-state index contributed by atoms with van der Waals surface area (Å²) in [6, 6.07) is 10.5. The van der Waals surface area contributed by atoms with Crippen LogP contribution in [0, 0.1) is 0 Å². The van der Waals surface area contributed by atoms with E-state index in [1.54, 1.807) is 18.4 Å². The van der Waals surface area contributed by atoms with E-state index < -0.39 is 0 Å². The molecule has 1 aromatic carbocycles. The molecule has 142 valence electrons. The van der Waals surface area contributed by atoms with E-state index in [-0.39, 0.29) is 11.5 Å². The van der Waals surface area contributed by atoms with Gasteiger partial charge in [-0.25, -0.2) is 4.98 Å². The molecule has 0 saturated carbocycles. The zero-order valence-electron chi connectivity index (χ0n) is 16.6. The number of rotatable bonds is 7. The molecule has 2 rings (SSSR count). The van der Waals surface area contributed by atoms with Gasteiger partial charge in [-0.1, -0.05) is 44.2 Å². The first-order valence-corrected chi connectivity index (χ1v) is 9.69. The first-order chi connectivity index (χ1) is 12.4. The lowest BCUT2D eigenvalue weighted by atomic mass is 9.85. The average Bonchev–Trinajstić information content (AvgIpc) is 3.10. The number of methoxy groups -OCH3 is 1. The molecule has 0 saturated heterocycles. The van der Waals surface area contributed by atoms with Gasteiger partial charge in [-0.3, -0.25) is 4.99 Å². The smallest absolute Gasteiger partial charge is 0.193 e. The predicted octanol–water partition coefficient (Wildman–Crippen LogP) is 3.84.